The maximum absolute atomic E-state index is 10.4. The minimum absolute atomic E-state index is 0.185. The molecule has 1 heterocycles. The van der Waals surface area contributed by atoms with E-state index in [9.17, 15) is 4.79 Å². The lowest BCUT2D eigenvalue weighted by Crippen LogP contribution is -2.11. The van der Waals surface area contributed by atoms with Gasteiger partial charge in [-0.05, 0) is 12.1 Å². The van der Waals surface area contributed by atoms with Crippen LogP contribution in [-0.2, 0) is 4.79 Å². The summed E-state index contributed by atoms with van der Waals surface area (Å²) in [6, 6.07) is 3.35. The number of halogens is 2. The zero-order valence-electron chi connectivity index (χ0n) is 7.83. The van der Waals surface area contributed by atoms with Crippen LogP contribution in [0, 0.1) is 0 Å². The van der Waals surface area contributed by atoms with E-state index in [0.717, 1.165) is 4.70 Å². The normalized spacial score (nSPS) is 10.6. The van der Waals surface area contributed by atoms with E-state index in [0.29, 0.717) is 20.7 Å². The van der Waals surface area contributed by atoms with Crippen LogP contribution in [0.25, 0.3) is 10.2 Å². The first kappa shape index (κ1) is 11.4. The molecule has 1 aromatic heterocycles. The van der Waals surface area contributed by atoms with Gasteiger partial charge < -0.3 is 10.4 Å². The summed E-state index contributed by atoms with van der Waals surface area (Å²) < 4.78 is 0.752. The predicted molar refractivity (Wildman–Crippen MR) is 65.8 cm³/mol. The fourth-order valence-electron chi connectivity index (χ4n) is 1.17. The number of benzene rings is 1. The summed E-state index contributed by atoms with van der Waals surface area (Å²) in [6.45, 7) is -0.185. The highest BCUT2D eigenvalue weighted by Gasteiger charge is 2.10. The van der Waals surface area contributed by atoms with Crippen LogP contribution in [0.5, 0.6) is 0 Å². The molecule has 0 radical (unpaired) electrons. The molecule has 0 saturated heterocycles. The van der Waals surface area contributed by atoms with Crippen molar-refractivity contribution in [2.24, 2.45) is 0 Å². The third kappa shape index (κ3) is 2.21. The van der Waals surface area contributed by atoms with Crippen molar-refractivity contribution in [3.05, 3.63) is 22.2 Å². The van der Waals surface area contributed by atoms with Gasteiger partial charge in [-0.15, -0.1) is 0 Å². The maximum Gasteiger partial charge on any atom is 0.322 e. The average Bonchev–Trinajstić information content (AvgIpc) is 2.66. The number of aromatic nitrogens is 1. The minimum atomic E-state index is -0.948. The van der Waals surface area contributed by atoms with E-state index in [4.69, 9.17) is 28.3 Å². The molecule has 0 aliphatic carbocycles. The molecule has 0 aliphatic rings. The molecule has 4 nitrogen and oxygen atoms in total. The number of aliphatic carboxylic acids is 1. The molecule has 16 heavy (non-hydrogen) atoms. The zero-order valence-corrected chi connectivity index (χ0v) is 10.2. The number of fused-ring (bicyclic) bond motifs is 1. The number of nitrogens with one attached hydrogen (secondary N) is 1. The number of carboxylic acids is 1. The number of carboxylic acid groups (broad SMARTS) is 1. The maximum atomic E-state index is 10.4. The summed E-state index contributed by atoms with van der Waals surface area (Å²) in [7, 11) is 0. The van der Waals surface area contributed by atoms with Crippen molar-refractivity contribution < 1.29 is 9.90 Å². The Balaban J connectivity index is 2.39. The SMILES string of the molecule is O=C(O)CNc1nc2c(Cl)ccc(Cl)c2s1. The Morgan fingerprint density at radius 2 is 2.12 bits per heavy atom. The molecular weight excluding hydrogens is 271 g/mol. The molecular formula is C9H6Cl2N2O2S. The molecule has 0 bridgehead atoms. The number of thiazole rings is 1. The lowest BCUT2D eigenvalue weighted by molar-refractivity contribution is -0.134. The molecule has 0 saturated carbocycles. The van der Waals surface area contributed by atoms with E-state index in [1.807, 2.05) is 0 Å². The summed E-state index contributed by atoms with van der Waals surface area (Å²) in [5.74, 6) is -0.948. The molecule has 0 spiro atoms. The molecule has 0 fully saturated rings. The van der Waals surface area contributed by atoms with Gasteiger partial charge >= 0.3 is 5.97 Å². The molecule has 2 rings (SSSR count). The molecule has 0 aliphatic heterocycles. The first-order valence-corrected chi connectivity index (χ1v) is 5.85. The topological polar surface area (TPSA) is 62.2 Å². The quantitative estimate of drug-likeness (QED) is 0.904. The van der Waals surface area contributed by atoms with Gasteiger partial charge in [0.25, 0.3) is 0 Å². The van der Waals surface area contributed by atoms with Crippen LogP contribution in [0.2, 0.25) is 10.0 Å². The number of rotatable bonds is 3. The molecule has 0 amide bonds. The third-order valence-corrected chi connectivity index (χ3v) is 3.62. The Kier molecular flexibility index (Phi) is 3.18. The summed E-state index contributed by atoms with van der Waals surface area (Å²) in [4.78, 5) is 14.6. The molecule has 1 aromatic carbocycles. The Bertz CT molecular complexity index is 517. The highest BCUT2D eigenvalue weighted by Crippen LogP contribution is 2.35. The van der Waals surface area contributed by atoms with Crippen LogP contribution in [0.15, 0.2) is 12.1 Å². The Morgan fingerprint density at radius 3 is 2.75 bits per heavy atom. The number of hydrogen-bond acceptors (Lipinski definition) is 4. The fraction of sp³-hybridized carbons (Fsp3) is 0.111. The average molecular weight is 277 g/mol. The molecule has 84 valence electrons. The van der Waals surface area contributed by atoms with Gasteiger partial charge in [-0.3, -0.25) is 4.79 Å². The van der Waals surface area contributed by atoms with E-state index in [2.05, 4.69) is 10.3 Å². The summed E-state index contributed by atoms with van der Waals surface area (Å²) in [6.07, 6.45) is 0. The molecule has 7 heteroatoms. The van der Waals surface area contributed by atoms with Gasteiger partial charge in [-0.25, -0.2) is 4.98 Å². The second kappa shape index (κ2) is 4.45. The molecule has 2 aromatic rings. The van der Waals surface area contributed by atoms with Gasteiger partial charge in [-0.2, -0.15) is 0 Å². The Hall–Kier alpha value is -1.04. The van der Waals surface area contributed by atoms with Gasteiger partial charge in [0.1, 0.15) is 12.1 Å². The minimum Gasteiger partial charge on any atom is -0.480 e. The van der Waals surface area contributed by atoms with Crippen molar-refractivity contribution in [1.29, 1.82) is 0 Å². The van der Waals surface area contributed by atoms with E-state index in [1.165, 1.54) is 11.3 Å². The smallest absolute Gasteiger partial charge is 0.322 e. The van der Waals surface area contributed by atoms with Crippen LogP contribution in [-0.4, -0.2) is 22.6 Å². The second-order valence-corrected chi connectivity index (χ2v) is 4.79. The Morgan fingerprint density at radius 1 is 1.44 bits per heavy atom. The van der Waals surface area contributed by atoms with Gasteiger partial charge in [0.2, 0.25) is 0 Å². The summed E-state index contributed by atoms with van der Waals surface area (Å²) in [5, 5.41) is 12.7. The van der Waals surface area contributed by atoms with Crippen LogP contribution in [0.1, 0.15) is 0 Å². The number of anilines is 1. The van der Waals surface area contributed by atoms with E-state index in [1.54, 1.807) is 12.1 Å². The monoisotopic (exact) mass is 276 g/mol. The highest BCUT2D eigenvalue weighted by molar-refractivity contribution is 7.22. The standard InChI is InChI=1S/C9H6Cl2N2O2S/c10-4-1-2-5(11)8-7(4)13-9(16-8)12-3-6(14)15/h1-2H,3H2,(H,12,13)(H,14,15). The van der Waals surface area contributed by atoms with Gasteiger partial charge in [-0.1, -0.05) is 34.5 Å². The number of hydrogen-bond donors (Lipinski definition) is 2. The van der Waals surface area contributed by atoms with Crippen LogP contribution in [0.3, 0.4) is 0 Å². The van der Waals surface area contributed by atoms with E-state index in [-0.39, 0.29) is 6.54 Å². The van der Waals surface area contributed by atoms with E-state index >= 15 is 0 Å². The number of carbonyl (C=O) groups is 1. The van der Waals surface area contributed by atoms with Crippen molar-refractivity contribution in [2.75, 3.05) is 11.9 Å². The van der Waals surface area contributed by atoms with E-state index < -0.39 is 5.97 Å². The molecule has 0 unspecified atom stereocenters. The first-order valence-electron chi connectivity index (χ1n) is 4.28. The zero-order chi connectivity index (χ0) is 11.7. The van der Waals surface area contributed by atoms with Gasteiger partial charge in [0.05, 0.1) is 14.7 Å². The van der Waals surface area contributed by atoms with Crippen LogP contribution in [0.4, 0.5) is 5.13 Å². The van der Waals surface area contributed by atoms with Gasteiger partial charge in [0, 0.05) is 0 Å². The van der Waals surface area contributed by atoms with Crippen molar-refractivity contribution in [3.8, 4) is 0 Å². The Labute approximate surface area is 105 Å². The fourth-order valence-corrected chi connectivity index (χ4v) is 2.59. The summed E-state index contributed by atoms with van der Waals surface area (Å²) in [5.41, 5.74) is 0.590. The van der Waals surface area contributed by atoms with Crippen LogP contribution >= 0.6 is 34.5 Å². The van der Waals surface area contributed by atoms with Crippen LogP contribution < -0.4 is 5.32 Å². The van der Waals surface area contributed by atoms with Gasteiger partial charge in [0.15, 0.2) is 5.13 Å². The lowest BCUT2D eigenvalue weighted by Gasteiger charge is -1.94. The van der Waals surface area contributed by atoms with Crippen molar-refractivity contribution >= 4 is 55.9 Å². The highest BCUT2D eigenvalue weighted by atomic mass is 35.5. The third-order valence-electron chi connectivity index (χ3n) is 1.84. The lowest BCUT2D eigenvalue weighted by atomic mass is 10.3. The van der Waals surface area contributed by atoms with Crippen molar-refractivity contribution in [2.45, 2.75) is 0 Å². The largest absolute Gasteiger partial charge is 0.480 e. The number of nitrogens with zero attached hydrogens (tertiary/aromatic N) is 1. The second-order valence-electron chi connectivity index (χ2n) is 2.97. The predicted octanol–water partition coefficient (Wildman–Crippen LogP) is 3.10. The summed E-state index contributed by atoms with van der Waals surface area (Å²) >= 11 is 13.2. The molecule has 0 atom stereocenters. The first-order chi connectivity index (χ1) is 7.58. The van der Waals surface area contributed by atoms with Crippen molar-refractivity contribution in [1.82, 2.24) is 4.98 Å². The molecule has 2 N–H and O–H groups in total. The van der Waals surface area contributed by atoms with Crippen molar-refractivity contribution in [3.63, 3.8) is 0 Å².